The van der Waals surface area contributed by atoms with Crippen molar-refractivity contribution < 1.29 is 0 Å². The summed E-state index contributed by atoms with van der Waals surface area (Å²) in [4.78, 5) is 1.92. The summed E-state index contributed by atoms with van der Waals surface area (Å²) in [5, 5.41) is 0. The maximum Gasteiger partial charge on any atom is 0.0942 e. The van der Waals surface area contributed by atoms with Crippen LogP contribution in [-0.2, 0) is 0 Å². The molecular formula is C7H14N2. The molecule has 0 aromatic rings. The molecule has 0 aromatic heterocycles. The average molecular weight is 126 g/mol. The minimum atomic E-state index is 0.787. The van der Waals surface area contributed by atoms with Gasteiger partial charge in [0.25, 0.3) is 0 Å². The smallest absolute Gasteiger partial charge is 0.0942 e. The fourth-order valence-corrected chi connectivity index (χ4v) is 0.519. The lowest BCUT2D eigenvalue weighted by atomic mass is 10.5. The normalized spacial score (nSPS) is 11.1. The van der Waals surface area contributed by atoms with Crippen molar-refractivity contribution in [1.82, 2.24) is 4.90 Å². The molecule has 0 unspecified atom stereocenters. The lowest BCUT2D eigenvalue weighted by molar-refractivity contribution is 0.458. The van der Waals surface area contributed by atoms with Crippen LogP contribution in [-0.4, -0.2) is 18.5 Å². The Labute approximate surface area is 56.6 Å². The molecule has 2 N–H and O–H groups in total. The fraction of sp³-hybridized carbons (Fsp3) is 0.429. The van der Waals surface area contributed by atoms with Crippen LogP contribution in [0.1, 0.15) is 6.92 Å². The number of likely N-dealkylation sites (N-methyl/N-ethyl adjacent to an activating group) is 1. The van der Waals surface area contributed by atoms with Crippen molar-refractivity contribution in [2.75, 3.05) is 13.6 Å². The Hall–Kier alpha value is -0.920. The number of hydrogen-bond donors (Lipinski definition) is 1. The maximum absolute atomic E-state index is 5.54. The molecule has 0 fully saturated rings. The predicted octanol–water partition coefficient (Wildman–Crippen LogP) is 0.924. The second kappa shape index (κ2) is 4.01. The first kappa shape index (κ1) is 8.08. The molecule has 0 rings (SSSR count). The first-order chi connectivity index (χ1) is 4.22. The Balaban J connectivity index is 3.72. The summed E-state index contributed by atoms with van der Waals surface area (Å²) < 4.78 is 0. The summed E-state index contributed by atoms with van der Waals surface area (Å²) in [5.74, 6) is 0.787. The molecule has 0 aliphatic heterocycles. The minimum absolute atomic E-state index is 0.787. The molecule has 0 aliphatic rings. The molecule has 0 amide bonds. The third kappa shape index (κ3) is 2.80. The highest BCUT2D eigenvalue weighted by Crippen LogP contribution is 1.90. The fourth-order valence-electron chi connectivity index (χ4n) is 0.519. The van der Waals surface area contributed by atoms with E-state index in [1.54, 1.807) is 0 Å². The highest BCUT2D eigenvalue weighted by atomic mass is 15.2. The molecule has 0 saturated carbocycles. The second-order valence-corrected chi connectivity index (χ2v) is 1.88. The van der Waals surface area contributed by atoms with E-state index >= 15 is 0 Å². The van der Waals surface area contributed by atoms with Gasteiger partial charge in [0.1, 0.15) is 0 Å². The number of rotatable bonds is 3. The molecule has 52 valence electrons. The van der Waals surface area contributed by atoms with Gasteiger partial charge in [0, 0.05) is 13.6 Å². The van der Waals surface area contributed by atoms with Crippen LogP contribution in [0.4, 0.5) is 0 Å². The summed E-state index contributed by atoms with van der Waals surface area (Å²) in [5.41, 5.74) is 5.54. The highest BCUT2D eigenvalue weighted by Gasteiger charge is 1.91. The lowest BCUT2D eigenvalue weighted by Gasteiger charge is -2.15. The Morgan fingerprint density at radius 3 is 2.67 bits per heavy atom. The van der Waals surface area contributed by atoms with Gasteiger partial charge in [-0.15, -0.1) is 6.58 Å². The van der Waals surface area contributed by atoms with Gasteiger partial charge < -0.3 is 10.6 Å². The molecule has 2 nitrogen and oxygen atoms in total. The van der Waals surface area contributed by atoms with Crippen LogP contribution in [0.15, 0.2) is 24.6 Å². The van der Waals surface area contributed by atoms with Crippen molar-refractivity contribution in [3.8, 4) is 0 Å². The molecule has 0 spiro atoms. The topological polar surface area (TPSA) is 29.3 Å². The highest BCUT2D eigenvalue weighted by molar-refractivity contribution is 4.94. The number of nitrogens with zero attached hydrogens (tertiary/aromatic N) is 1. The Bertz CT molecular complexity index is 116. The predicted molar refractivity (Wildman–Crippen MR) is 40.8 cm³/mol. The van der Waals surface area contributed by atoms with E-state index in [0.29, 0.717) is 0 Å². The molecule has 0 saturated heterocycles. The second-order valence-electron chi connectivity index (χ2n) is 1.88. The van der Waals surface area contributed by atoms with Crippen LogP contribution >= 0.6 is 0 Å². The van der Waals surface area contributed by atoms with E-state index in [4.69, 9.17) is 5.73 Å². The quantitative estimate of drug-likeness (QED) is 0.570. The zero-order chi connectivity index (χ0) is 7.28. The van der Waals surface area contributed by atoms with E-state index in [9.17, 15) is 0 Å². The van der Waals surface area contributed by atoms with E-state index in [2.05, 4.69) is 6.58 Å². The Morgan fingerprint density at radius 1 is 1.78 bits per heavy atom. The number of allylic oxidation sites excluding steroid dienone is 1. The molecule has 0 atom stereocenters. The van der Waals surface area contributed by atoms with E-state index in [0.717, 1.165) is 12.4 Å². The van der Waals surface area contributed by atoms with Crippen LogP contribution in [0.3, 0.4) is 0 Å². The van der Waals surface area contributed by atoms with Gasteiger partial charge in [-0.3, -0.25) is 0 Å². The zero-order valence-electron chi connectivity index (χ0n) is 6.09. The van der Waals surface area contributed by atoms with E-state index in [1.807, 2.05) is 31.0 Å². The summed E-state index contributed by atoms with van der Waals surface area (Å²) in [6.07, 6.45) is 3.68. The van der Waals surface area contributed by atoms with Gasteiger partial charge in [0.2, 0.25) is 0 Å². The third-order valence-electron chi connectivity index (χ3n) is 1.14. The van der Waals surface area contributed by atoms with Gasteiger partial charge >= 0.3 is 0 Å². The van der Waals surface area contributed by atoms with Gasteiger partial charge in [-0.2, -0.15) is 0 Å². The van der Waals surface area contributed by atoms with Gasteiger partial charge in [0.05, 0.1) is 5.82 Å². The summed E-state index contributed by atoms with van der Waals surface area (Å²) in [7, 11) is 1.93. The molecule has 0 aromatic carbocycles. The van der Waals surface area contributed by atoms with Crippen LogP contribution in [0.25, 0.3) is 0 Å². The van der Waals surface area contributed by atoms with Crippen LogP contribution in [0.2, 0.25) is 0 Å². The molecule has 9 heavy (non-hydrogen) atoms. The van der Waals surface area contributed by atoms with Crippen molar-refractivity contribution >= 4 is 0 Å². The van der Waals surface area contributed by atoms with Crippen molar-refractivity contribution in [2.45, 2.75) is 6.92 Å². The van der Waals surface area contributed by atoms with E-state index in [1.165, 1.54) is 0 Å². The standard InChI is InChI=1S/C7H14N2/c1-4-6-9(3)7(8)5-2/h4-5H,1,6,8H2,2-3H3. The molecular weight excluding hydrogens is 112 g/mol. The van der Waals surface area contributed by atoms with Gasteiger partial charge in [-0.25, -0.2) is 0 Å². The third-order valence-corrected chi connectivity index (χ3v) is 1.14. The first-order valence-electron chi connectivity index (χ1n) is 2.96. The van der Waals surface area contributed by atoms with Gasteiger partial charge in [-0.05, 0) is 13.0 Å². The van der Waals surface area contributed by atoms with E-state index in [-0.39, 0.29) is 0 Å². The van der Waals surface area contributed by atoms with Crippen molar-refractivity contribution in [2.24, 2.45) is 5.73 Å². The molecule has 2 heteroatoms. The summed E-state index contributed by atoms with van der Waals surface area (Å²) >= 11 is 0. The van der Waals surface area contributed by atoms with Crippen LogP contribution in [0.5, 0.6) is 0 Å². The first-order valence-corrected chi connectivity index (χ1v) is 2.96. The summed E-state index contributed by atoms with van der Waals surface area (Å²) in [6.45, 7) is 6.31. The average Bonchev–Trinajstić information content (AvgIpc) is 1.87. The van der Waals surface area contributed by atoms with E-state index < -0.39 is 0 Å². The largest absolute Gasteiger partial charge is 0.386 e. The monoisotopic (exact) mass is 126 g/mol. The van der Waals surface area contributed by atoms with Crippen molar-refractivity contribution in [1.29, 1.82) is 0 Å². The van der Waals surface area contributed by atoms with Crippen molar-refractivity contribution in [3.63, 3.8) is 0 Å². The van der Waals surface area contributed by atoms with Crippen LogP contribution in [0, 0.1) is 0 Å². The SMILES string of the molecule is C=CCN(C)C(N)=CC. The Morgan fingerprint density at radius 2 is 2.33 bits per heavy atom. The summed E-state index contributed by atoms with van der Waals surface area (Å²) in [6, 6.07) is 0. The molecule has 0 bridgehead atoms. The molecule has 0 aliphatic carbocycles. The number of hydrogen-bond acceptors (Lipinski definition) is 2. The van der Waals surface area contributed by atoms with Crippen LogP contribution < -0.4 is 5.73 Å². The minimum Gasteiger partial charge on any atom is -0.386 e. The maximum atomic E-state index is 5.54. The lowest BCUT2D eigenvalue weighted by Crippen LogP contribution is -2.22. The zero-order valence-corrected chi connectivity index (χ0v) is 6.09. The molecule has 0 radical (unpaired) electrons. The molecule has 0 heterocycles. The van der Waals surface area contributed by atoms with Gasteiger partial charge in [0.15, 0.2) is 0 Å². The number of nitrogens with two attached hydrogens (primary N) is 1. The van der Waals surface area contributed by atoms with Crippen molar-refractivity contribution in [3.05, 3.63) is 24.6 Å². The Kier molecular flexibility index (Phi) is 3.60. The van der Waals surface area contributed by atoms with Gasteiger partial charge in [-0.1, -0.05) is 6.08 Å².